The molecule has 0 bridgehead atoms. The third kappa shape index (κ3) is 4.86. The molecule has 1 fully saturated rings. The van der Waals surface area contributed by atoms with Crippen LogP contribution in [0.15, 0.2) is 46.7 Å². The number of benzene rings is 1. The Morgan fingerprint density at radius 1 is 1.17 bits per heavy atom. The summed E-state index contributed by atoms with van der Waals surface area (Å²) in [4.78, 5) is 27.9. The molecule has 1 saturated heterocycles. The molecule has 2 aliphatic rings. The second-order valence-electron chi connectivity index (χ2n) is 9.15. The van der Waals surface area contributed by atoms with Gasteiger partial charge in [0.05, 0.1) is 25.5 Å². The van der Waals surface area contributed by atoms with Crippen molar-refractivity contribution in [3.8, 4) is 22.8 Å². The second kappa shape index (κ2) is 10.3. The van der Waals surface area contributed by atoms with E-state index in [1.807, 2.05) is 34.2 Å². The van der Waals surface area contributed by atoms with Crippen LogP contribution in [0.1, 0.15) is 52.5 Å². The van der Waals surface area contributed by atoms with Crippen molar-refractivity contribution in [2.45, 2.75) is 38.1 Å². The van der Waals surface area contributed by atoms with Crippen LogP contribution in [0.5, 0.6) is 11.5 Å². The van der Waals surface area contributed by atoms with Crippen molar-refractivity contribution in [2.24, 2.45) is 0 Å². The second-order valence-corrected chi connectivity index (χ2v) is 10.1. The summed E-state index contributed by atoms with van der Waals surface area (Å²) in [6.07, 6.45) is 6.99. The van der Waals surface area contributed by atoms with E-state index in [2.05, 4.69) is 4.90 Å². The molecule has 1 atom stereocenters. The predicted molar refractivity (Wildman–Crippen MR) is 136 cm³/mol. The first kappa shape index (κ1) is 23.6. The smallest absolute Gasteiger partial charge is 0.341 e. The lowest BCUT2D eigenvalue weighted by atomic mass is 9.91. The molecule has 8 heteroatoms. The van der Waals surface area contributed by atoms with Crippen LogP contribution in [0, 0.1) is 0 Å². The van der Waals surface area contributed by atoms with Crippen molar-refractivity contribution in [1.29, 1.82) is 0 Å². The molecule has 0 spiro atoms. The number of hydrogen-bond donors (Lipinski definition) is 1. The Hall–Kier alpha value is -3.10. The highest BCUT2D eigenvalue weighted by molar-refractivity contribution is 7.10. The van der Waals surface area contributed by atoms with Crippen molar-refractivity contribution >= 4 is 17.3 Å². The Labute approximate surface area is 208 Å². The maximum atomic E-state index is 12.6. The Kier molecular flexibility index (Phi) is 6.92. The zero-order valence-electron chi connectivity index (χ0n) is 19.9. The lowest BCUT2D eigenvalue weighted by Crippen LogP contribution is -2.31. The van der Waals surface area contributed by atoms with E-state index in [0.717, 1.165) is 29.0 Å². The molecule has 0 radical (unpaired) electrons. The van der Waals surface area contributed by atoms with Gasteiger partial charge in [-0.05, 0) is 67.9 Å². The van der Waals surface area contributed by atoms with E-state index in [9.17, 15) is 14.7 Å². The number of likely N-dealkylation sites (tertiary alicyclic amines) is 1. The molecule has 0 aliphatic carbocycles. The molecule has 2 aliphatic heterocycles. The van der Waals surface area contributed by atoms with Crippen molar-refractivity contribution in [1.82, 2.24) is 9.47 Å². The number of ether oxygens (including phenoxy) is 2. The molecular weight excluding hydrogens is 464 g/mol. The standard InChI is InChI=1S/C27H30N2O5S/c1-33-24-15-19-18(14-25(24)34-11-6-10-28-8-3-2-4-9-28)13-22(26-7-5-12-35-26)29-17-20(27(31)32)23(30)16-21(19)29/h5,7,12,14-17,22H,2-4,6,8-11,13H2,1H3,(H,31,32). The van der Waals surface area contributed by atoms with Gasteiger partial charge in [-0.3, -0.25) is 4.79 Å². The van der Waals surface area contributed by atoms with E-state index in [-0.39, 0.29) is 11.6 Å². The Bertz CT molecular complexity index is 1260. The highest BCUT2D eigenvalue weighted by atomic mass is 32.1. The van der Waals surface area contributed by atoms with E-state index < -0.39 is 11.4 Å². The number of methoxy groups -OCH3 is 1. The fraction of sp³-hybridized carbons (Fsp3) is 0.407. The number of thiophene rings is 1. The lowest BCUT2D eigenvalue weighted by Gasteiger charge is -2.31. The zero-order chi connectivity index (χ0) is 24.4. The molecule has 1 aromatic carbocycles. The van der Waals surface area contributed by atoms with Gasteiger partial charge in [-0.15, -0.1) is 11.3 Å². The summed E-state index contributed by atoms with van der Waals surface area (Å²) in [5.41, 5.74) is 1.88. The third-order valence-electron chi connectivity index (χ3n) is 6.92. The molecular formula is C27H30N2O5S. The van der Waals surface area contributed by atoms with Crippen LogP contribution in [-0.4, -0.2) is 53.9 Å². The first-order chi connectivity index (χ1) is 17.0. The van der Waals surface area contributed by atoms with Gasteiger partial charge < -0.3 is 24.0 Å². The van der Waals surface area contributed by atoms with Gasteiger partial charge >= 0.3 is 5.97 Å². The molecule has 0 saturated carbocycles. The fourth-order valence-corrected chi connectivity index (χ4v) is 5.97. The van der Waals surface area contributed by atoms with Crippen molar-refractivity contribution in [3.63, 3.8) is 0 Å². The molecule has 4 heterocycles. The highest BCUT2D eigenvalue weighted by Crippen LogP contribution is 2.43. The van der Waals surface area contributed by atoms with Crippen molar-refractivity contribution in [3.05, 3.63) is 68.1 Å². The van der Waals surface area contributed by atoms with E-state index in [0.29, 0.717) is 30.2 Å². The molecule has 2 aromatic heterocycles. The van der Waals surface area contributed by atoms with Crippen LogP contribution < -0.4 is 14.9 Å². The van der Waals surface area contributed by atoms with Gasteiger partial charge in [0.1, 0.15) is 5.56 Å². The van der Waals surface area contributed by atoms with Gasteiger partial charge in [0.2, 0.25) is 0 Å². The molecule has 184 valence electrons. The molecule has 0 amide bonds. The van der Waals surface area contributed by atoms with E-state index in [4.69, 9.17) is 9.47 Å². The number of aromatic carboxylic acids is 1. The van der Waals surface area contributed by atoms with Gasteiger partial charge in [-0.1, -0.05) is 12.5 Å². The van der Waals surface area contributed by atoms with Crippen LogP contribution >= 0.6 is 11.3 Å². The summed E-state index contributed by atoms with van der Waals surface area (Å²) in [5.74, 6) is 0.0947. The minimum absolute atomic E-state index is 0.100. The maximum Gasteiger partial charge on any atom is 0.341 e. The van der Waals surface area contributed by atoms with E-state index in [1.54, 1.807) is 18.4 Å². The summed E-state index contributed by atoms with van der Waals surface area (Å²) in [6, 6.07) is 9.29. The number of nitrogens with zero attached hydrogens (tertiary/aromatic N) is 2. The topological polar surface area (TPSA) is 81.0 Å². The third-order valence-corrected chi connectivity index (χ3v) is 7.89. The van der Waals surface area contributed by atoms with Gasteiger partial charge in [0.25, 0.3) is 0 Å². The van der Waals surface area contributed by atoms with E-state index >= 15 is 0 Å². The Morgan fingerprint density at radius 3 is 2.71 bits per heavy atom. The highest BCUT2D eigenvalue weighted by Gasteiger charge is 2.29. The summed E-state index contributed by atoms with van der Waals surface area (Å²) in [7, 11) is 1.61. The molecule has 3 aromatic rings. The average Bonchev–Trinajstić information content (AvgIpc) is 3.40. The number of rotatable bonds is 8. The number of hydrogen-bond acceptors (Lipinski definition) is 6. The monoisotopic (exact) mass is 494 g/mol. The largest absolute Gasteiger partial charge is 0.493 e. The summed E-state index contributed by atoms with van der Waals surface area (Å²) in [5, 5.41) is 11.5. The summed E-state index contributed by atoms with van der Waals surface area (Å²) >= 11 is 1.62. The predicted octanol–water partition coefficient (Wildman–Crippen LogP) is 4.68. The van der Waals surface area contributed by atoms with Crippen LogP contribution in [0.25, 0.3) is 11.3 Å². The molecule has 35 heavy (non-hydrogen) atoms. The molecule has 1 N–H and O–H groups in total. The summed E-state index contributed by atoms with van der Waals surface area (Å²) < 4.78 is 13.7. The number of aromatic nitrogens is 1. The number of piperidine rings is 1. The van der Waals surface area contributed by atoms with Crippen LogP contribution in [0.4, 0.5) is 0 Å². The Balaban J connectivity index is 1.46. The number of carbonyl (C=O) groups is 1. The summed E-state index contributed by atoms with van der Waals surface area (Å²) in [6.45, 7) is 4.00. The SMILES string of the molecule is COc1cc2c(cc1OCCCN1CCCCC1)CC(c1cccs1)n1cc(C(=O)O)c(=O)cc1-2. The number of pyridine rings is 1. The van der Waals surface area contributed by atoms with E-state index in [1.165, 1.54) is 44.6 Å². The first-order valence-electron chi connectivity index (χ1n) is 12.1. The van der Waals surface area contributed by atoms with Crippen molar-refractivity contribution in [2.75, 3.05) is 33.4 Å². The molecule has 5 rings (SSSR count). The van der Waals surface area contributed by atoms with Crippen LogP contribution in [0.2, 0.25) is 0 Å². The van der Waals surface area contributed by atoms with Gasteiger partial charge in [-0.25, -0.2) is 4.79 Å². The minimum atomic E-state index is -1.22. The molecule has 7 nitrogen and oxygen atoms in total. The first-order valence-corrected chi connectivity index (χ1v) is 13.0. The number of carboxylic acid groups (broad SMARTS) is 1. The fourth-order valence-electron chi connectivity index (χ4n) is 5.14. The minimum Gasteiger partial charge on any atom is -0.493 e. The normalized spacial score (nSPS) is 17.5. The van der Waals surface area contributed by atoms with Crippen molar-refractivity contribution < 1.29 is 19.4 Å². The van der Waals surface area contributed by atoms with Gasteiger partial charge in [0, 0.05) is 29.2 Å². The Morgan fingerprint density at radius 2 is 2.00 bits per heavy atom. The maximum absolute atomic E-state index is 12.6. The van der Waals surface area contributed by atoms with Crippen LogP contribution in [0.3, 0.4) is 0 Å². The van der Waals surface area contributed by atoms with Crippen LogP contribution in [-0.2, 0) is 6.42 Å². The van der Waals surface area contributed by atoms with Gasteiger partial charge in [-0.2, -0.15) is 0 Å². The number of carboxylic acids is 1. The zero-order valence-corrected chi connectivity index (χ0v) is 20.7. The number of fused-ring (bicyclic) bond motifs is 3. The van der Waals surface area contributed by atoms with Gasteiger partial charge in [0.15, 0.2) is 16.9 Å². The lowest BCUT2D eigenvalue weighted by molar-refractivity contribution is 0.0694. The average molecular weight is 495 g/mol. The molecule has 1 unspecified atom stereocenters. The quantitative estimate of drug-likeness (QED) is 0.458.